The van der Waals surface area contributed by atoms with Crippen molar-refractivity contribution in [3.63, 3.8) is 0 Å². The molecule has 0 fully saturated rings. The van der Waals surface area contributed by atoms with Crippen molar-refractivity contribution in [2.24, 2.45) is 0 Å². The van der Waals surface area contributed by atoms with E-state index < -0.39 is 0 Å². The van der Waals surface area contributed by atoms with Crippen LogP contribution in [0.1, 0.15) is 103 Å². The molecule has 0 N–H and O–H groups in total. The van der Waals surface area contributed by atoms with Gasteiger partial charge in [-0.2, -0.15) is 0 Å². The van der Waals surface area contributed by atoms with Gasteiger partial charge in [-0.3, -0.25) is 0 Å². The molecule has 0 bridgehead atoms. The number of nitrogens with zero attached hydrogens (tertiary/aromatic N) is 1. The first-order chi connectivity index (χ1) is 12.5. The lowest BCUT2D eigenvalue weighted by atomic mass is 10.1. The Labute approximate surface area is 168 Å². The molecular weight excluding hydrogens is 337 g/mol. The average Bonchev–Trinajstić information content (AvgIpc) is 2.59. The quantitative estimate of drug-likeness (QED) is 0.0964. The molecule has 3 heteroatoms. The van der Waals surface area contributed by atoms with Gasteiger partial charge in [0.25, 0.3) is 0 Å². The smallest absolute Gasteiger partial charge is 0.102 e. The standard InChI is InChI=1S/C23H48NOP/c1-5-6-7-8-9-10-11-12-13-14-15-16-17-18-19-20-21-23(25-26)22-24(2,3)4/h12-13,23,26H,5-11,14-22H2,1-4H3/b13-12-. The number of likely N-dealkylation sites (N-methyl/N-ethyl adjacent to an activating group) is 1. The van der Waals surface area contributed by atoms with Gasteiger partial charge in [0, 0.05) is 0 Å². The molecule has 26 heavy (non-hydrogen) atoms. The fourth-order valence-corrected chi connectivity index (χ4v) is 3.61. The minimum Gasteiger partial charge on any atom is -0.554 e. The van der Waals surface area contributed by atoms with Crippen LogP contribution in [0.15, 0.2) is 12.2 Å². The van der Waals surface area contributed by atoms with E-state index in [-0.39, 0.29) is 0 Å². The predicted octanol–water partition coefficient (Wildman–Crippen LogP) is 7.56. The van der Waals surface area contributed by atoms with Crippen LogP contribution in [-0.4, -0.2) is 38.3 Å². The molecule has 0 aliphatic heterocycles. The first-order valence-electron chi connectivity index (χ1n) is 11.3. The van der Waals surface area contributed by atoms with Gasteiger partial charge in [-0.15, -0.1) is 0 Å². The molecule has 0 aromatic heterocycles. The van der Waals surface area contributed by atoms with Crippen molar-refractivity contribution in [2.75, 3.05) is 27.7 Å². The van der Waals surface area contributed by atoms with Gasteiger partial charge in [-0.1, -0.05) is 83.3 Å². The van der Waals surface area contributed by atoms with Crippen molar-refractivity contribution >= 4 is 9.47 Å². The molecule has 0 aromatic rings. The molecule has 156 valence electrons. The normalized spacial score (nSPS) is 13.6. The minimum absolute atomic E-state index is 0.337. The molecule has 1 atom stereocenters. The highest BCUT2D eigenvalue weighted by molar-refractivity contribution is 7.09. The average molecular weight is 386 g/mol. The zero-order chi connectivity index (χ0) is 19.5. The Morgan fingerprint density at radius 2 is 1.19 bits per heavy atom. The Balaban J connectivity index is 3.31. The Kier molecular flexibility index (Phi) is 18.5. The summed E-state index contributed by atoms with van der Waals surface area (Å²) in [5.41, 5.74) is 0. The second-order valence-corrected chi connectivity index (χ2v) is 9.17. The topological polar surface area (TPSA) is 9.23 Å². The summed E-state index contributed by atoms with van der Waals surface area (Å²) in [6.07, 6.45) is 25.5. The molecule has 0 aliphatic rings. The van der Waals surface area contributed by atoms with Crippen LogP contribution in [0.25, 0.3) is 0 Å². The van der Waals surface area contributed by atoms with Crippen molar-refractivity contribution in [1.82, 2.24) is 0 Å². The SMILES string of the molecule is CCCCCCCC/C=C\CCCCCCCCC(C[N+](C)(C)C)O[PH-]. The van der Waals surface area contributed by atoms with Crippen LogP contribution in [0.3, 0.4) is 0 Å². The monoisotopic (exact) mass is 385 g/mol. The van der Waals surface area contributed by atoms with Gasteiger partial charge >= 0.3 is 0 Å². The summed E-state index contributed by atoms with van der Waals surface area (Å²) in [5, 5.41) is 0. The largest absolute Gasteiger partial charge is 0.554 e. The van der Waals surface area contributed by atoms with Crippen molar-refractivity contribution in [3.05, 3.63) is 12.2 Å². The van der Waals surface area contributed by atoms with E-state index in [4.69, 9.17) is 4.52 Å². The Morgan fingerprint density at radius 3 is 1.65 bits per heavy atom. The van der Waals surface area contributed by atoms with Crippen molar-refractivity contribution in [2.45, 2.75) is 109 Å². The van der Waals surface area contributed by atoms with Crippen LogP contribution in [0.2, 0.25) is 0 Å². The number of hydrogen-bond acceptors (Lipinski definition) is 1. The van der Waals surface area contributed by atoms with E-state index in [1.807, 2.05) is 0 Å². The van der Waals surface area contributed by atoms with E-state index in [0.717, 1.165) is 11.0 Å². The van der Waals surface area contributed by atoms with Gasteiger partial charge in [0.05, 0.1) is 27.2 Å². The summed E-state index contributed by atoms with van der Waals surface area (Å²) in [7, 11) is 9.92. The third kappa shape index (κ3) is 20.4. The minimum atomic E-state index is 0.337. The molecule has 0 spiro atoms. The van der Waals surface area contributed by atoms with E-state index in [9.17, 15) is 0 Å². The molecule has 0 saturated heterocycles. The Morgan fingerprint density at radius 1 is 0.731 bits per heavy atom. The number of quaternary nitrogens is 1. The summed E-state index contributed by atoms with van der Waals surface area (Å²) in [6.45, 7) is 3.35. The summed E-state index contributed by atoms with van der Waals surface area (Å²) in [6, 6.07) is 0. The molecule has 0 aromatic carbocycles. The van der Waals surface area contributed by atoms with E-state index in [2.05, 4.69) is 49.7 Å². The molecular formula is C23H48NOP. The van der Waals surface area contributed by atoms with Gasteiger partial charge in [-0.05, 0) is 32.1 Å². The lowest BCUT2D eigenvalue weighted by Gasteiger charge is -2.31. The molecule has 0 heterocycles. The summed E-state index contributed by atoms with van der Waals surface area (Å²) < 4.78 is 6.39. The first kappa shape index (κ1) is 26.1. The van der Waals surface area contributed by atoms with Crippen LogP contribution in [0.5, 0.6) is 0 Å². The highest BCUT2D eigenvalue weighted by atomic mass is 31.0. The van der Waals surface area contributed by atoms with Crippen molar-refractivity contribution < 1.29 is 9.01 Å². The van der Waals surface area contributed by atoms with E-state index in [1.54, 1.807) is 0 Å². The van der Waals surface area contributed by atoms with Gasteiger partial charge in [0.1, 0.15) is 6.54 Å². The molecule has 0 aliphatic carbocycles. The second-order valence-electron chi connectivity index (χ2n) is 8.94. The number of rotatable bonds is 19. The first-order valence-corrected chi connectivity index (χ1v) is 11.7. The highest BCUT2D eigenvalue weighted by Gasteiger charge is 2.14. The maximum atomic E-state index is 5.43. The molecule has 0 rings (SSSR count). The summed E-state index contributed by atoms with van der Waals surface area (Å²) >= 11 is 0. The molecule has 1 unspecified atom stereocenters. The molecule has 0 radical (unpaired) electrons. The van der Waals surface area contributed by atoms with Crippen LogP contribution < -0.4 is 0 Å². The highest BCUT2D eigenvalue weighted by Crippen LogP contribution is 2.15. The number of allylic oxidation sites excluding steroid dienone is 2. The summed E-state index contributed by atoms with van der Waals surface area (Å²) in [5.74, 6) is 0. The number of unbranched alkanes of at least 4 members (excludes halogenated alkanes) is 12. The lowest BCUT2D eigenvalue weighted by molar-refractivity contribution is -0.873. The number of hydrogen-bond donors (Lipinski definition) is 0. The fraction of sp³-hybridized carbons (Fsp3) is 0.913. The van der Waals surface area contributed by atoms with Gasteiger partial charge < -0.3 is 18.5 Å². The van der Waals surface area contributed by atoms with Crippen molar-refractivity contribution in [3.8, 4) is 0 Å². The van der Waals surface area contributed by atoms with Gasteiger partial charge in [0.2, 0.25) is 0 Å². The van der Waals surface area contributed by atoms with Gasteiger partial charge in [0.15, 0.2) is 0 Å². The van der Waals surface area contributed by atoms with Crippen LogP contribution >= 0.6 is 9.47 Å². The lowest BCUT2D eigenvalue weighted by Crippen LogP contribution is -2.41. The molecule has 0 amide bonds. The van der Waals surface area contributed by atoms with Crippen LogP contribution in [-0.2, 0) is 4.52 Å². The molecule has 2 nitrogen and oxygen atoms in total. The van der Waals surface area contributed by atoms with E-state index in [0.29, 0.717) is 6.10 Å². The molecule has 0 saturated carbocycles. The van der Waals surface area contributed by atoms with Gasteiger partial charge in [-0.25, -0.2) is 0 Å². The third-order valence-electron chi connectivity index (χ3n) is 4.96. The predicted molar refractivity (Wildman–Crippen MR) is 120 cm³/mol. The summed E-state index contributed by atoms with van der Waals surface area (Å²) in [4.78, 5) is 0. The van der Waals surface area contributed by atoms with E-state index >= 15 is 0 Å². The fourth-order valence-electron chi connectivity index (χ4n) is 3.42. The maximum Gasteiger partial charge on any atom is 0.102 e. The zero-order valence-corrected chi connectivity index (χ0v) is 19.4. The maximum absolute atomic E-state index is 5.43. The second kappa shape index (κ2) is 18.5. The van der Waals surface area contributed by atoms with Crippen LogP contribution in [0, 0.1) is 0 Å². The van der Waals surface area contributed by atoms with Crippen LogP contribution in [0.4, 0.5) is 0 Å². The Bertz CT molecular complexity index is 312. The third-order valence-corrected chi connectivity index (χ3v) is 5.29. The van der Waals surface area contributed by atoms with Crippen molar-refractivity contribution in [1.29, 1.82) is 0 Å². The Hall–Kier alpha value is 0.0900. The zero-order valence-electron chi connectivity index (χ0n) is 18.4. The van der Waals surface area contributed by atoms with E-state index in [1.165, 1.54) is 96.3 Å².